The quantitative estimate of drug-likeness (QED) is 0.561. The summed E-state index contributed by atoms with van der Waals surface area (Å²) in [5, 5.41) is 24.7. The van der Waals surface area contributed by atoms with Crippen LogP contribution in [0.2, 0.25) is 0 Å². The van der Waals surface area contributed by atoms with E-state index in [9.17, 15) is 9.59 Å². The van der Waals surface area contributed by atoms with Gasteiger partial charge in [0.2, 0.25) is 0 Å². The molecule has 90 valence electrons. The molecule has 1 atom stereocenters. The number of aliphatic hydroxyl groups is 2. The van der Waals surface area contributed by atoms with E-state index in [4.69, 9.17) is 15.3 Å². The Kier molecular flexibility index (Phi) is 10.2. The highest BCUT2D eigenvalue weighted by Gasteiger charge is 2.16. The Morgan fingerprint density at radius 2 is 1.80 bits per heavy atom. The predicted molar refractivity (Wildman–Crippen MR) is 52.2 cm³/mol. The largest absolute Gasteiger partial charge is 0.479 e. The summed E-state index contributed by atoms with van der Waals surface area (Å²) in [6.45, 7) is 4.80. The lowest BCUT2D eigenvalue weighted by Crippen LogP contribution is -2.25. The van der Waals surface area contributed by atoms with Crippen molar-refractivity contribution in [3.05, 3.63) is 0 Å². The molecule has 6 nitrogen and oxygen atoms in total. The lowest BCUT2D eigenvalue weighted by Gasteiger charge is -2.06. The molecule has 0 aliphatic heterocycles. The Labute approximate surface area is 88.5 Å². The molecule has 1 unspecified atom stereocenters. The highest BCUT2D eigenvalue weighted by molar-refractivity contribution is 5.72. The molecular formula is C9H18O6. The molecule has 0 radical (unpaired) electrons. The van der Waals surface area contributed by atoms with Gasteiger partial charge in [-0.15, -0.1) is 0 Å². The molecule has 0 saturated heterocycles. The highest BCUT2D eigenvalue weighted by Crippen LogP contribution is 1.99. The molecule has 3 N–H and O–H groups in total. The van der Waals surface area contributed by atoms with Crippen molar-refractivity contribution in [3.8, 4) is 0 Å². The van der Waals surface area contributed by atoms with Crippen molar-refractivity contribution in [3.63, 3.8) is 0 Å². The number of carboxylic acids is 1. The number of ether oxygens (including phenoxy) is 1. The minimum Gasteiger partial charge on any atom is -0.479 e. The molecule has 0 aliphatic rings. The Morgan fingerprint density at radius 3 is 1.87 bits per heavy atom. The van der Waals surface area contributed by atoms with Gasteiger partial charge >= 0.3 is 11.9 Å². The van der Waals surface area contributed by atoms with Gasteiger partial charge in [0.15, 0.2) is 6.10 Å². The molecule has 15 heavy (non-hydrogen) atoms. The Bertz CT molecular complexity index is 189. The maximum Gasteiger partial charge on any atom is 0.332 e. The van der Waals surface area contributed by atoms with Gasteiger partial charge in [0, 0.05) is 0 Å². The smallest absolute Gasteiger partial charge is 0.332 e. The van der Waals surface area contributed by atoms with Crippen LogP contribution in [0.15, 0.2) is 0 Å². The fourth-order valence-corrected chi connectivity index (χ4v) is 0.492. The van der Waals surface area contributed by atoms with Crippen molar-refractivity contribution in [2.75, 3.05) is 13.2 Å². The van der Waals surface area contributed by atoms with Crippen LogP contribution in [0.5, 0.6) is 0 Å². The first kappa shape index (κ1) is 16.3. The predicted octanol–water partition coefficient (Wildman–Crippen LogP) is -0.370. The lowest BCUT2D eigenvalue weighted by molar-refractivity contribution is -0.149. The van der Waals surface area contributed by atoms with Crippen LogP contribution in [0, 0.1) is 5.92 Å². The summed E-state index contributed by atoms with van der Waals surface area (Å²) >= 11 is 0. The summed E-state index contributed by atoms with van der Waals surface area (Å²) in [7, 11) is 0. The van der Waals surface area contributed by atoms with Crippen LogP contribution in [0.1, 0.15) is 20.8 Å². The second-order valence-corrected chi connectivity index (χ2v) is 2.99. The zero-order valence-electron chi connectivity index (χ0n) is 9.14. The van der Waals surface area contributed by atoms with Crippen LogP contribution in [-0.2, 0) is 14.3 Å². The molecule has 0 bridgehead atoms. The van der Waals surface area contributed by atoms with Gasteiger partial charge in [-0.1, -0.05) is 13.8 Å². The SMILES string of the molecule is CC(C)C(O)C(=O)O.CCOC(=O)CO. The number of hydrogen-bond acceptors (Lipinski definition) is 5. The summed E-state index contributed by atoms with van der Waals surface area (Å²) in [6.07, 6.45) is -1.21. The summed E-state index contributed by atoms with van der Waals surface area (Å²) in [6, 6.07) is 0. The lowest BCUT2D eigenvalue weighted by atomic mass is 10.1. The second-order valence-electron chi connectivity index (χ2n) is 2.99. The molecule has 0 saturated carbocycles. The van der Waals surface area contributed by atoms with E-state index >= 15 is 0 Å². The highest BCUT2D eigenvalue weighted by atomic mass is 16.5. The third kappa shape index (κ3) is 10.8. The molecule has 0 rings (SSSR count). The van der Waals surface area contributed by atoms with Crippen molar-refractivity contribution < 1.29 is 29.6 Å². The van der Waals surface area contributed by atoms with E-state index in [2.05, 4.69) is 4.74 Å². The van der Waals surface area contributed by atoms with E-state index in [1.54, 1.807) is 20.8 Å². The fraction of sp³-hybridized carbons (Fsp3) is 0.778. The molecule has 0 spiro atoms. The van der Waals surface area contributed by atoms with E-state index in [-0.39, 0.29) is 5.92 Å². The van der Waals surface area contributed by atoms with Crippen molar-refractivity contribution in [2.45, 2.75) is 26.9 Å². The standard InChI is InChI=1S/C5H10O3.C4H8O3/c1-3(2)4(6)5(7)8;1-2-7-4(6)3-5/h3-4,6H,1-2H3,(H,7,8);5H,2-3H2,1H3. The van der Waals surface area contributed by atoms with Crippen molar-refractivity contribution in [2.24, 2.45) is 5.92 Å². The molecule has 0 aliphatic carbocycles. The zero-order chi connectivity index (χ0) is 12.4. The van der Waals surface area contributed by atoms with Gasteiger partial charge in [-0.2, -0.15) is 0 Å². The molecule has 0 aromatic heterocycles. The van der Waals surface area contributed by atoms with Crippen molar-refractivity contribution in [1.82, 2.24) is 0 Å². The number of rotatable bonds is 4. The van der Waals surface area contributed by atoms with Crippen LogP contribution in [0.3, 0.4) is 0 Å². The van der Waals surface area contributed by atoms with Crippen LogP contribution < -0.4 is 0 Å². The molecule has 0 aromatic rings. The first-order valence-corrected chi connectivity index (χ1v) is 4.54. The Balaban J connectivity index is 0. The number of aliphatic hydroxyl groups excluding tert-OH is 2. The molecular weight excluding hydrogens is 204 g/mol. The maximum absolute atomic E-state index is 9.94. The van der Waals surface area contributed by atoms with Gasteiger partial charge in [-0.05, 0) is 12.8 Å². The van der Waals surface area contributed by atoms with Gasteiger partial charge in [0.05, 0.1) is 6.61 Å². The first-order chi connectivity index (χ1) is 6.86. The third-order valence-electron chi connectivity index (χ3n) is 1.32. The normalized spacial score (nSPS) is 11.3. The average molecular weight is 222 g/mol. The summed E-state index contributed by atoms with van der Waals surface area (Å²) in [5.41, 5.74) is 0. The Hall–Kier alpha value is -1.14. The summed E-state index contributed by atoms with van der Waals surface area (Å²) < 4.78 is 4.30. The van der Waals surface area contributed by atoms with E-state index in [0.29, 0.717) is 6.61 Å². The van der Waals surface area contributed by atoms with Gasteiger partial charge in [0.1, 0.15) is 6.61 Å². The molecule has 0 heterocycles. The topological polar surface area (TPSA) is 104 Å². The van der Waals surface area contributed by atoms with Crippen LogP contribution in [0.25, 0.3) is 0 Å². The number of carbonyl (C=O) groups is 2. The number of esters is 1. The van der Waals surface area contributed by atoms with Crippen LogP contribution >= 0.6 is 0 Å². The van der Waals surface area contributed by atoms with Crippen molar-refractivity contribution in [1.29, 1.82) is 0 Å². The number of hydrogen-bond donors (Lipinski definition) is 3. The molecule has 0 amide bonds. The zero-order valence-corrected chi connectivity index (χ0v) is 9.14. The van der Waals surface area contributed by atoms with E-state index in [0.717, 1.165) is 0 Å². The molecule has 0 fully saturated rings. The van der Waals surface area contributed by atoms with Crippen molar-refractivity contribution >= 4 is 11.9 Å². The number of carbonyl (C=O) groups excluding carboxylic acids is 1. The minimum absolute atomic E-state index is 0.201. The monoisotopic (exact) mass is 222 g/mol. The first-order valence-electron chi connectivity index (χ1n) is 4.54. The minimum atomic E-state index is -1.21. The Morgan fingerprint density at radius 1 is 1.33 bits per heavy atom. The maximum atomic E-state index is 9.94. The van der Waals surface area contributed by atoms with Gasteiger partial charge in [-0.3, -0.25) is 0 Å². The van der Waals surface area contributed by atoms with Gasteiger partial charge < -0.3 is 20.1 Å². The van der Waals surface area contributed by atoms with Crippen LogP contribution in [-0.4, -0.2) is 46.6 Å². The number of carboxylic acid groups (broad SMARTS) is 1. The molecule has 6 heteroatoms. The molecule has 0 aromatic carbocycles. The second kappa shape index (κ2) is 9.42. The van der Waals surface area contributed by atoms with E-state index < -0.39 is 24.6 Å². The van der Waals surface area contributed by atoms with Gasteiger partial charge in [-0.25, -0.2) is 9.59 Å². The van der Waals surface area contributed by atoms with E-state index in [1.807, 2.05) is 0 Å². The van der Waals surface area contributed by atoms with Gasteiger partial charge in [0.25, 0.3) is 0 Å². The summed E-state index contributed by atoms with van der Waals surface area (Å²) in [4.78, 5) is 19.8. The van der Waals surface area contributed by atoms with Crippen LogP contribution in [0.4, 0.5) is 0 Å². The third-order valence-corrected chi connectivity index (χ3v) is 1.32. The average Bonchev–Trinajstić information content (AvgIpc) is 2.17. The summed E-state index contributed by atoms with van der Waals surface area (Å²) in [5.74, 6) is -1.92. The van der Waals surface area contributed by atoms with E-state index in [1.165, 1.54) is 0 Å². The number of aliphatic carboxylic acids is 1. The fourth-order valence-electron chi connectivity index (χ4n) is 0.492.